The Balaban J connectivity index is 1.66. The zero-order valence-corrected chi connectivity index (χ0v) is 25.5. The van der Waals surface area contributed by atoms with Crippen LogP contribution in [0.4, 0.5) is 4.39 Å². The molecule has 0 unspecified atom stereocenters. The van der Waals surface area contributed by atoms with Crippen molar-refractivity contribution in [3.05, 3.63) is 88.0 Å². The van der Waals surface area contributed by atoms with Crippen LogP contribution < -0.4 is 4.74 Å². The molecule has 0 aromatic heterocycles. The fourth-order valence-electron chi connectivity index (χ4n) is 5.90. The predicted octanol–water partition coefficient (Wildman–Crippen LogP) is 10.7. The Morgan fingerprint density at radius 3 is 1.49 bits per heavy atom. The van der Waals surface area contributed by atoms with E-state index in [-0.39, 0.29) is 10.8 Å². The molecule has 3 aliphatic heterocycles. The van der Waals surface area contributed by atoms with Crippen molar-refractivity contribution in [2.24, 2.45) is 0 Å². The van der Waals surface area contributed by atoms with Gasteiger partial charge in [-0.2, -0.15) is 23.5 Å². The van der Waals surface area contributed by atoms with E-state index in [0.29, 0.717) is 0 Å². The molecule has 0 aliphatic carbocycles. The Morgan fingerprint density at radius 1 is 0.641 bits per heavy atom. The van der Waals surface area contributed by atoms with Crippen LogP contribution in [0.15, 0.2) is 54.6 Å². The molecule has 5 aromatic rings. The quantitative estimate of drug-likeness (QED) is 0.200. The van der Waals surface area contributed by atoms with Crippen LogP contribution in [-0.4, -0.2) is 6.86 Å². The molecule has 0 spiro atoms. The maximum absolute atomic E-state index is 13.4. The number of thioether (sulfide) groups is 2. The average molecular weight is 557 g/mol. The highest BCUT2D eigenvalue weighted by atomic mass is 32.2. The van der Waals surface area contributed by atoms with Crippen molar-refractivity contribution >= 4 is 55.8 Å². The third-order valence-corrected chi connectivity index (χ3v) is 10.1. The molecule has 39 heavy (non-hydrogen) atoms. The number of hydrogen-bond donors (Lipinski definition) is 0. The number of hydrogen-bond acceptors (Lipinski definition) is 3. The van der Waals surface area contributed by atoms with Gasteiger partial charge >= 0.3 is 0 Å². The summed E-state index contributed by atoms with van der Waals surface area (Å²) in [5.74, 6) is 4.08. The van der Waals surface area contributed by atoms with Gasteiger partial charge in [-0.1, -0.05) is 84.0 Å². The van der Waals surface area contributed by atoms with E-state index in [0.717, 1.165) is 39.9 Å². The Bertz CT molecular complexity index is 1570. The molecule has 202 valence electrons. The van der Waals surface area contributed by atoms with Gasteiger partial charge in [0.25, 0.3) is 0 Å². The molecule has 0 saturated carbocycles. The average Bonchev–Trinajstić information content (AvgIpc) is 2.87. The summed E-state index contributed by atoms with van der Waals surface area (Å²) in [4.78, 5) is 0. The van der Waals surface area contributed by atoms with E-state index >= 15 is 0 Å². The SMILES string of the molecule is CC(C)(C)c1cc2cc3c4cc(C(C)(C)C)cc5cc(c(c1)c2c54)CSCc1cccc(c1OCF)CSC3. The van der Waals surface area contributed by atoms with Gasteiger partial charge in [0.2, 0.25) is 6.86 Å². The predicted molar refractivity (Wildman–Crippen MR) is 171 cm³/mol. The van der Waals surface area contributed by atoms with Crippen LogP contribution in [0.3, 0.4) is 0 Å². The van der Waals surface area contributed by atoms with Crippen molar-refractivity contribution in [3.8, 4) is 5.75 Å². The fourth-order valence-corrected chi connectivity index (χ4v) is 7.92. The number of rotatable bonds is 2. The second-order valence-electron chi connectivity index (χ2n) is 13.0. The molecule has 5 aromatic carbocycles. The van der Waals surface area contributed by atoms with Crippen LogP contribution in [-0.2, 0) is 33.8 Å². The molecule has 3 aliphatic rings. The van der Waals surface area contributed by atoms with Gasteiger partial charge in [-0.05, 0) is 77.5 Å². The minimum absolute atomic E-state index is 0.0594. The van der Waals surface area contributed by atoms with E-state index in [4.69, 9.17) is 4.74 Å². The second-order valence-corrected chi connectivity index (χ2v) is 14.9. The number of alkyl halides is 1. The molecule has 3 heterocycles. The summed E-state index contributed by atoms with van der Waals surface area (Å²) in [5.41, 5.74) is 7.77. The standard InChI is InChI=1S/C35H37FOS2/c1-34(2,3)27-12-23-10-26-19-39-17-22-9-7-8-21(33(22)37-20-36)16-38-18-25-11-24-13-28(35(4,5)6)15-30(26)32(24)31(23)29(25)14-27/h7-15H,16-20H2,1-6H3. The lowest BCUT2D eigenvalue weighted by atomic mass is 9.79. The minimum atomic E-state index is -0.800. The van der Waals surface area contributed by atoms with E-state index in [1.807, 2.05) is 23.5 Å². The van der Waals surface area contributed by atoms with E-state index < -0.39 is 6.86 Å². The molecule has 0 atom stereocenters. The summed E-state index contributed by atoms with van der Waals surface area (Å²) >= 11 is 3.77. The molecule has 0 saturated heterocycles. The molecule has 8 rings (SSSR count). The number of halogens is 1. The molecular weight excluding hydrogens is 520 g/mol. The van der Waals surface area contributed by atoms with Gasteiger partial charge < -0.3 is 4.74 Å². The highest BCUT2D eigenvalue weighted by molar-refractivity contribution is 7.98. The van der Waals surface area contributed by atoms with E-state index in [1.165, 1.54) is 54.6 Å². The lowest BCUT2D eigenvalue weighted by Crippen LogP contribution is -2.12. The van der Waals surface area contributed by atoms with Crippen LogP contribution >= 0.6 is 23.5 Å². The number of benzene rings is 5. The summed E-state index contributed by atoms with van der Waals surface area (Å²) in [6.07, 6.45) is 0. The summed E-state index contributed by atoms with van der Waals surface area (Å²) in [5, 5.41) is 8.23. The van der Waals surface area contributed by atoms with Gasteiger partial charge in [-0.15, -0.1) is 0 Å². The zero-order chi connectivity index (χ0) is 27.5. The van der Waals surface area contributed by atoms with Gasteiger partial charge in [0.05, 0.1) is 0 Å². The first-order valence-corrected chi connectivity index (χ1v) is 16.1. The summed E-state index contributed by atoms with van der Waals surface area (Å²) in [6.45, 7) is 13.0. The van der Waals surface area contributed by atoms with E-state index in [1.54, 1.807) is 0 Å². The summed E-state index contributed by atoms with van der Waals surface area (Å²) in [6, 6.07) is 20.9. The first-order valence-electron chi connectivity index (χ1n) is 13.8. The third-order valence-electron chi connectivity index (χ3n) is 8.08. The zero-order valence-electron chi connectivity index (χ0n) is 23.8. The lowest BCUT2D eigenvalue weighted by molar-refractivity contribution is 0.189. The van der Waals surface area contributed by atoms with E-state index in [9.17, 15) is 4.39 Å². The van der Waals surface area contributed by atoms with Crippen LogP contribution in [0.2, 0.25) is 0 Å². The molecule has 0 radical (unpaired) electrons. The summed E-state index contributed by atoms with van der Waals surface area (Å²) in [7, 11) is 0. The van der Waals surface area contributed by atoms with Crippen molar-refractivity contribution in [1.82, 2.24) is 0 Å². The van der Waals surface area contributed by atoms with Gasteiger partial charge in [0.15, 0.2) is 0 Å². The molecular formula is C35H37FOS2. The smallest absolute Gasteiger partial charge is 0.228 e. The molecule has 1 nitrogen and oxygen atoms in total. The Morgan fingerprint density at radius 2 is 1.08 bits per heavy atom. The summed E-state index contributed by atoms with van der Waals surface area (Å²) < 4.78 is 19.0. The van der Waals surface area contributed by atoms with Crippen LogP contribution in [0, 0.1) is 0 Å². The van der Waals surface area contributed by atoms with Crippen molar-refractivity contribution in [1.29, 1.82) is 0 Å². The third kappa shape index (κ3) is 4.89. The Hall–Kier alpha value is -2.43. The number of ether oxygens (including phenoxy) is 1. The molecule has 0 N–H and O–H groups in total. The minimum Gasteiger partial charge on any atom is -0.462 e. The maximum Gasteiger partial charge on any atom is 0.228 e. The normalized spacial score (nSPS) is 15.1. The monoisotopic (exact) mass is 556 g/mol. The second kappa shape index (κ2) is 9.89. The van der Waals surface area contributed by atoms with Crippen LogP contribution in [0.5, 0.6) is 5.75 Å². The first-order chi connectivity index (χ1) is 18.5. The highest BCUT2D eigenvalue weighted by Crippen LogP contribution is 2.45. The first kappa shape index (κ1) is 26.8. The van der Waals surface area contributed by atoms with Crippen LogP contribution in [0.1, 0.15) is 74.9 Å². The Kier molecular flexibility index (Phi) is 6.79. The topological polar surface area (TPSA) is 9.23 Å². The number of para-hydroxylation sites is 1. The Labute approximate surface area is 240 Å². The van der Waals surface area contributed by atoms with Crippen molar-refractivity contribution in [2.75, 3.05) is 6.86 Å². The molecule has 0 amide bonds. The molecule has 4 heteroatoms. The van der Waals surface area contributed by atoms with Crippen molar-refractivity contribution in [2.45, 2.75) is 75.4 Å². The maximum atomic E-state index is 13.4. The van der Waals surface area contributed by atoms with Crippen LogP contribution in [0.25, 0.3) is 32.3 Å². The fraction of sp³-hybridized carbons (Fsp3) is 0.371. The van der Waals surface area contributed by atoms with E-state index in [2.05, 4.69) is 96.1 Å². The lowest BCUT2D eigenvalue weighted by Gasteiger charge is -2.26. The largest absolute Gasteiger partial charge is 0.462 e. The van der Waals surface area contributed by atoms with Gasteiger partial charge in [-0.25, -0.2) is 4.39 Å². The molecule has 10 bridgehead atoms. The van der Waals surface area contributed by atoms with Crippen molar-refractivity contribution in [3.63, 3.8) is 0 Å². The van der Waals surface area contributed by atoms with Gasteiger partial charge in [0, 0.05) is 34.1 Å². The van der Waals surface area contributed by atoms with Crippen molar-refractivity contribution < 1.29 is 9.13 Å². The van der Waals surface area contributed by atoms with Gasteiger partial charge in [-0.3, -0.25) is 0 Å². The van der Waals surface area contributed by atoms with Gasteiger partial charge in [0.1, 0.15) is 5.75 Å². The molecule has 0 fully saturated rings. The highest BCUT2D eigenvalue weighted by Gasteiger charge is 2.23.